The van der Waals surface area contributed by atoms with E-state index in [0.29, 0.717) is 46.9 Å². The summed E-state index contributed by atoms with van der Waals surface area (Å²) in [4.78, 5) is 45.9. The van der Waals surface area contributed by atoms with Gasteiger partial charge in [-0.25, -0.2) is 14.6 Å². The number of anilines is 1. The first-order valence-corrected chi connectivity index (χ1v) is 12.6. The van der Waals surface area contributed by atoms with Gasteiger partial charge in [0, 0.05) is 37.5 Å². The van der Waals surface area contributed by atoms with E-state index in [0.717, 1.165) is 0 Å². The maximum Gasteiger partial charge on any atom is 0.410 e. The molecule has 1 fully saturated rings. The third-order valence-corrected chi connectivity index (χ3v) is 6.48. The standard InChI is InChI=1S/C27H30ClN5O5/c1-27(2,3)38-26(37)32-14-6-7-19(16-32)33(23-21(28)8-5-13-29-23)24(34)18-11-9-17(10-12-18)20-15-30-31(4)22(20)25(35)36/h5,8-13,15,19H,6-7,14,16H2,1-4H3,(H,35,36). The molecule has 3 aromatic rings. The van der Waals surface area contributed by atoms with Gasteiger partial charge >= 0.3 is 12.1 Å². The second kappa shape index (κ2) is 10.8. The van der Waals surface area contributed by atoms with Crippen LogP contribution in [0.3, 0.4) is 0 Å². The molecule has 1 N–H and O–H groups in total. The predicted octanol–water partition coefficient (Wildman–Crippen LogP) is 4.88. The number of carboxylic acid groups (broad SMARTS) is 1. The van der Waals surface area contributed by atoms with Crippen LogP contribution in [0.25, 0.3) is 11.1 Å². The summed E-state index contributed by atoms with van der Waals surface area (Å²) < 4.78 is 6.85. The molecule has 10 nitrogen and oxygen atoms in total. The van der Waals surface area contributed by atoms with Crippen LogP contribution in [-0.2, 0) is 11.8 Å². The molecule has 11 heteroatoms. The van der Waals surface area contributed by atoms with Gasteiger partial charge < -0.3 is 14.7 Å². The summed E-state index contributed by atoms with van der Waals surface area (Å²) in [6, 6.07) is 9.60. The van der Waals surface area contributed by atoms with Crippen LogP contribution in [0.2, 0.25) is 5.02 Å². The monoisotopic (exact) mass is 539 g/mol. The van der Waals surface area contributed by atoms with Gasteiger partial charge in [-0.1, -0.05) is 23.7 Å². The van der Waals surface area contributed by atoms with E-state index in [9.17, 15) is 19.5 Å². The number of pyridine rings is 1. The minimum absolute atomic E-state index is 0.0513. The molecule has 1 unspecified atom stereocenters. The Bertz CT molecular complexity index is 1350. The number of hydrogen-bond acceptors (Lipinski definition) is 6. The molecule has 0 radical (unpaired) electrons. The van der Waals surface area contributed by atoms with Crippen LogP contribution in [0.4, 0.5) is 10.6 Å². The molecule has 2 aromatic heterocycles. The van der Waals surface area contributed by atoms with Gasteiger partial charge in [0.05, 0.1) is 17.3 Å². The first kappa shape index (κ1) is 27.1. The lowest BCUT2D eigenvalue weighted by molar-refractivity contribution is 0.0195. The third kappa shape index (κ3) is 5.80. The fraction of sp³-hybridized carbons (Fsp3) is 0.370. The number of carboxylic acids is 1. The Labute approximate surface area is 225 Å². The maximum atomic E-state index is 13.9. The van der Waals surface area contributed by atoms with E-state index in [4.69, 9.17) is 16.3 Å². The topological polar surface area (TPSA) is 118 Å². The number of rotatable bonds is 5. The van der Waals surface area contributed by atoms with Crippen LogP contribution in [0.5, 0.6) is 0 Å². The van der Waals surface area contributed by atoms with Crippen molar-refractivity contribution in [3.8, 4) is 11.1 Å². The fourth-order valence-corrected chi connectivity index (χ4v) is 4.69. The van der Waals surface area contributed by atoms with E-state index in [-0.39, 0.29) is 24.2 Å². The second-order valence-corrected chi connectivity index (χ2v) is 10.5. The number of amides is 2. The van der Waals surface area contributed by atoms with Crippen LogP contribution in [-0.4, -0.2) is 67.5 Å². The summed E-state index contributed by atoms with van der Waals surface area (Å²) in [5.41, 5.74) is 0.841. The highest BCUT2D eigenvalue weighted by Gasteiger charge is 2.35. The highest BCUT2D eigenvalue weighted by molar-refractivity contribution is 6.33. The molecule has 1 aliphatic heterocycles. The highest BCUT2D eigenvalue weighted by Crippen LogP contribution is 2.31. The second-order valence-electron chi connectivity index (χ2n) is 10.1. The molecule has 200 valence electrons. The number of carbonyl (C=O) groups excluding carboxylic acids is 2. The minimum atomic E-state index is -1.09. The average Bonchev–Trinajstić information content (AvgIpc) is 3.26. The molecule has 0 aliphatic carbocycles. The van der Waals surface area contributed by atoms with Crippen molar-refractivity contribution in [3.63, 3.8) is 0 Å². The number of aromatic carboxylic acids is 1. The maximum absolute atomic E-state index is 13.9. The Morgan fingerprint density at radius 2 is 1.87 bits per heavy atom. The van der Waals surface area contributed by atoms with Crippen LogP contribution in [0, 0.1) is 0 Å². The summed E-state index contributed by atoms with van der Waals surface area (Å²) in [5.74, 6) is -1.12. The van der Waals surface area contributed by atoms with Gasteiger partial charge in [-0.15, -0.1) is 0 Å². The van der Waals surface area contributed by atoms with Gasteiger partial charge in [0.25, 0.3) is 5.91 Å². The lowest BCUT2D eigenvalue weighted by atomic mass is 10.0. The zero-order valence-corrected chi connectivity index (χ0v) is 22.5. The summed E-state index contributed by atoms with van der Waals surface area (Å²) in [7, 11) is 1.56. The Hall–Kier alpha value is -3.92. The normalized spacial score (nSPS) is 15.7. The molecule has 1 aliphatic rings. The molecule has 1 saturated heterocycles. The number of aryl methyl sites for hydroxylation is 1. The largest absolute Gasteiger partial charge is 0.477 e. The SMILES string of the molecule is Cn1ncc(-c2ccc(C(=O)N(c3ncccc3Cl)C3CCCN(C(=O)OC(C)(C)C)C3)cc2)c1C(=O)O. The zero-order chi connectivity index (χ0) is 27.6. The number of hydrogen-bond donors (Lipinski definition) is 1. The van der Waals surface area contributed by atoms with Crippen molar-refractivity contribution in [3.05, 3.63) is 65.1 Å². The number of nitrogens with zero attached hydrogens (tertiary/aromatic N) is 5. The first-order chi connectivity index (χ1) is 18.0. The van der Waals surface area contributed by atoms with Gasteiger partial charge in [0.1, 0.15) is 5.60 Å². The number of ether oxygens (including phenoxy) is 1. The molecule has 2 amide bonds. The number of halogens is 1. The molecule has 3 heterocycles. The Morgan fingerprint density at radius 3 is 2.50 bits per heavy atom. The smallest absolute Gasteiger partial charge is 0.410 e. The summed E-state index contributed by atoms with van der Waals surface area (Å²) >= 11 is 6.48. The van der Waals surface area contributed by atoms with Gasteiger partial charge in [-0.3, -0.25) is 14.4 Å². The van der Waals surface area contributed by atoms with Crippen LogP contribution in [0.15, 0.2) is 48.8 Å². The number of benzene rings is 1. The average molecular weight is 540 g/mol. The molecule has 0 spiro atoms. The summed E-state index contributed by atoms with van der Waals surface area (Å²) in [6.45, 7) is 6.22. The molecule has 0 saturated carbocycles. The highest BCUT2D eigenvalue weighted by atomic mass is 35.5. The Balaban J connectivity index is 1.65. The molecule has 38 heavy (non-hydrogen) atoms. The number of carbonyl (C=O) groups is 3. The van der Waals surface area contributed by atoms with Crippen molar-refractivity contribution in [2.75, 3.05) is 18.0 Å². The number of aromatic nitrogens is 3. The summed E-state index contributed by atoms with van der Waals surface area (Å²) in [6.07, 6.45) is 3.93. The van der Waals surface area contributed by atoms with E-state index in [1.807, 2.05) is 20.8 Å². The van der Waals surface area contributed by atoms with Gasteiger partial charge in [0.15, 0.2) is 11.5 Å². The molecule has 1 atom stereocenters. The van der Waals surface area contributed by atoms with E-state index < -0.39 is 17.7 Å². The quantitative estimate of drug-likeness (QED) is 0.491. The molecular formula is C27H30ClN5O5. The fourth-order valence-electron chi connectivity index (χ4n) is 4.48. The third-order valence-electron chi connectivity index (χ3n) is 6.18. The van der Waals surface area contributed by atoms with Gasteiger partial charge in [0.2, 0.25) is 0 Å². The van der Waals surface area contributed by atoms with Crippen molar-refractivity contribution in [1.29, 1.82) is 0 Å². The zero-order valence-electron chi connectivity index (χ0n) is 21.7. The minimum Gasteiger partial charge on any atom is -0.477 e. The van der Waals surface area contributed by atoms with Gasteiger partial charge in [-0.2, -0.15) is 5.10 Å². The van der Waals surface area contributed by atoms with Crippen molar-refractivity contribution < 1.29 is 24.2 Å². The molecular weight excluding hydrogens is 510 g/mol. The van der Waals surface area contributed by atoms with Crippen molar-refractivity contribution in [1.82, 2.24) is 19.7 Å². The van der Waals surface area contributed by atoms with Crippen LogP contribution >= 0.6 is 11.6 Å². The molecule has 4 rings (SSSR count). The van der Waals surface area contributed by atoms with Crippen LogP contribution < -0.4 is 4.90 Å². The number of piperidine rings is 1. The Kier molecular flexibility index (Phi) is 7.73. The van der Waals surface area contributed by atoms with E-state index in [1.54, 1.807) is 59.4 Å². The van der Waals surface area contributed by atoms with E-state index in [2.05, 4.69) is 10.1 Å². The lowest BCUT2D eigenvalue weighted by Gasteiger charge is -2.39. The van der Waals surface area contributed by atoms with Crippen molar-refractivity contribution in [2.24, 2.45) is 7.05 Å². The number of likely N-dealkylation sites (tertiary alicyclic amines) is 1. The van der Waals surface area contributed by atoms with E-state index in [1.165, 1.54) is 10.9 Å². The molecule has 0 bridgehead atoms. The molecule has 1 aromatic carbocycles. The van der Waals surface area contributed by atoms with Gasteiger partial charge in [-0.05, 0) is 63.4 Å². The van der Waals surface area contributed by atoms with Crippen LogP contribution in [0.1, 0.15) is 54.5 Å². The summed E-state index contributed by atoms with van der Waals surface area (Å²) in [5, 5.41) is 13.9. The van der Waals surface area contributed by atoms with Crippen molar-refractivity contribution in [2.45, 2.75) is 45.3 Å². The Morgan fingerprint density at radius 1 is 1.16 bits per heavy atom. The van der Waals surface area contributed by atoms with E-state index >= 15 is 0 Å². The lowest BCUT2D eigenvalue weighted by Crippen LogP contribution is -2.53. The first-order valence-electron chi connectivity index (χ1n) is 12.2. The van der Waals surface area contributed by atoms with Crippen molar-refractivity contribution >= 4 is 35.4 Å². The predicted molar refractivity (Wildman–Crippen MR) is 142 cm³/mol.